The fraction of sp³-hybridized carbons (Fsp3) is 1.00. The van der Waals surface area contributed by atoms with Crippen molar-refractivity contribution in [1.29, 1.82) is 0 Å². The highest BCUT2D eigenvalue weighted by Gasteiger charge is 2.65. The number of ether oxygens (including phenoxy) is 8. The van der Waals surface area contributed by atoms with Gasteiger partial charge in [0.15, 0.2) is 0 Å². The summed E-state index contributed by atoms with van der Waals surface area (Å²) in [4.78, 5) is 0. The molecule has 9 fully saturated rings. The van der Waals surface area contributed by atoms with E-state index < -0.39 is 0 Å². The van der Waals surface area contributed by atoms with Gasteiger partial charge < -0.3 is 37.9 Å². The van der Waals surface area contributed by atoms with Crippen LogP contribution >= 0.6 is 74.4 Å². The van der Waals surface area contributed by atoms with E-state index >= 15 is 0 Å². The summed E-state index contributed by atoms with van der Waals surface area (Å²) in [6.45, 7) is 0. The van der Waals surface area contributed by atoms with Crippen molar-refractivity contribution in [2.45, 2.75) is 150 Å². The van der Waals surface area contributed by atoms with Crippen LogP contribution in [0.1, 0.15) is 51.4 Å². The van der Waals surface area contributed by atoms with Crippen LogP contribution in [0.15, 0.2) is 0 Å². The molecule has 23 heteroatoms. The smallest absolute Gasteiger partial charge is 0.112 e. The summed E-state index contributed by atoms with van der Waals surface area (Å²) in [7, 11) is 14.2. The quantitative estimate of drug-likeness (QED) is 0.160. The Balaban J connectivity index is 0.00000195. The fourth-order valence-corrected chi connectivity index (χ4v) is 14.2. The SMILES string of the molecule is COC1C(OC)C(OC)C2C3NC(NC4NC(NC5NC(NC6NC(N3)C3C(OC)C(OC)C(OC)C(OC)C63)C3CCCCC53)C3CCCCC43)C2C1OC.Cl.Cl.Cl.Cl.Cl.Cl.[SiH4]. The summed E-state index contributed by atoms with van der Waals surface area (Å²) in [5.74, 6) is 2.06. The molecule has 8 N–H and O–H groups in total. The van der Waals surface area contributed by atoms with E-state index in [9.17, 15) is 0 Å². The Morgan fingerprint density at radius 2 is 0.413 bits per heavy atom. The molecule has 24 atom stereocenters. The van der Waals surface area contributed by atoms with Gasteiger partial charge in [-0.1, -0.05) is 25.7 Å². The highest BCUT2D eigenvalue weighted by atomic mass is 35.5. The summed E-state index contributed by atoms with van der Waals surface area (Å²) in [6.07, 6.45) is 7.73. The lowest BCUT2D eigenvalue weighted by Crippen LogP contribution is -2.66. The molecule has 0 amide bonds. The van der Waals surface area contributed by atoms with Gasteiger partial charge in [-0.05, 0) is 60.3 Å². The van der Waals surface area contributed by atoms with Gasteiger partial charge in [0.25, 0.3) is 0 Å². The molecule has 5 heterocycles. The van der Waals surface area contributed by atoms with Crippen LogP contribution in [0.2, 0.25) is 0 Å². The molecule has 9 rings (SSSR count). The second-order valence-corrected chi connectivity index (χ2v) is 18.3. The molecule has 0 aromatic rings. The van der Waals surface area contributed by atoms with Crippen molar-refractivity contribution in [1.82, 2.24) is 42.5 Å². The molecule has 376 valence electrons. The van der Waals surface area contributed by atoms with Crippen LogP contribution in [0.5, 0.6) is 0 Å². The molecule has 4 saturated carbocycles. The predicted molar refractivity (Wildman–Crippen MR) is 261 cm³/mol. The molecule has 16 nitrogen and oxygen atoms in total. The van der Waals surface area contributed by atoms with Gasteiger partial charge in [0, 0.05) is 80.6 Å². The summed E-state index contributed by atoms with van der Waals surface area (Å²) < 4.78 is 50.7. The first kappa shape index (κ1) is 60.4. The molecule has 63 heavy (non-hydrogen) atoms. The molecule has 0 spiro atoms. The fourth-order valence-electron chi connectivity index (χ4n) is 14.2. The lowest BCUT2D eigenvalue weighted by Gasteiger charge is -2.50. The maximum Gasteiger partial charge on any atom is 0.112 e. The van der Waals surface area contributed by atoms with Gasteiger partial charge in [-0.25, -0.2) is 0 Å². The minimum absolute atomic E-state index is 0. The molecule has 0 radical (unpaired) electrons. The van der Waals surface area contributed by atoms with Crippen molar-refractivity contribution in [2.75, 3.05) is 56.9 Å². The van der Waals surface area contributed by atoms with E-state index in [0.29, 0.717) is 23.7 Å². The number of rotatable bonds is 8. The van der Waals surface area contributed by atoms with Gasteiger partial charge in [0.1, 0.15) is 24.4 Å². The van der Waals surface area contributed by atoms with Crippen molar-refractivity contribution >= 4 is 85.4 Å². The minimum Gasteiger partial charge on any atom is -0.378 e. The summed E-state index contributed by atoms with van der Waals surface area (Å²) in [6, 6.07) is 0. The van der Waals surface area contributed by atoms with Gasteiger partial charge in [0.05, 0.1) is 73.7 Å². The zero-order valence-corrected chi connectivity index (χ0v) is 42.1. The zero-order valence-electron chi connectivity index (χ0n) is 37.2. The van der Waals surface area contributed by atoms with Crippen molar-refractivity contribution < 1.29 is 37.9 Å². The average Bonchev–Trinajstić information content (AvgIpc) is 3.97. The molecule has 5 aliphatic heterocycles. The van der Waals surface area contributed by atoms with E-state index in [0.717, 1.165) is 0 Å². The second kappa shape index (κ2) is 26.0. The van der Waals surface area contributed by atoms with Crippen molar-refractivity contribution in [2.24, 2.45) is 47.3 Å². The lowest BCUT2D eigenvalue weighted by atomic mass is 9.70. The topological polar surface area (TPSA) is 170 Å². The lowest BCUT2D eigenvalue weighted by molar-refractivity contribution is -0.218. The predicted octanol–water partition coefficient (Wildman–Crippen LogP) is 0.684. The monoisotopic (exact) mass is 1040 g/mol. The Kier molecular flexibility index (Phi) is 24.9. The number of nitrogens with one attached hydrogen (secondary N) is 8. The molecular weight excluding hydrogens is 961 g/mol. The summed E-state index contributed by atoms with van der Waals surface area (Å²) in [5, 5.41) is 33.3. The van der Waals surface area contributed by atoms with Crippen LogP contribution in [0.4, 0.5) is 0 Å². The summed E-state index contributed by atoms with van der Waals surface area (Å²) in [5.41, 5.74) is 0. The normalized spacial score (nSPS) is 49.1. The average molecular weight is 1040 g/mol. The standard InChI is InChI=1S/C40H72N8O8.6ClH.H4Si/c1-49-25-21-23(27(51-3)31(55-7)29(25)53-5)39-46-37(21)44-35-19-15-11-9-13-17(19)33(42-35)41-34-18-14-10-12-16-20(18)36(43-34)45-38-22-24(40(47-38)48-39)28(52-4)32(56-8)30(54-6)26(22)50-2;;;;;;;/h17-48H,9-16H2,1-8H3;6*1H;1H4. The number of fused-ring (bicyclic) bond motifs is 20. The van der Waals surface area contributed by atoms with Crippen LogP contribution in [-0.2, 0) is 37.9 Å². The van der Waals surface area contributed by atoms with Crippen molar-refractivity contribution in [3.05, 3.63) is 0 Å². The molecule has 8 bridgehead atoms. The first-order chi connectivity index (χ1) is 27.4. The molecule has 0 aromatic heterocycles. The number of hydrogen-bond acceptors (Lipinski definition) is 16. The largest absolute Gasteiger partial charge is 0.378 e. The molecule has 4 aliphatic carbocycles. The Hall–Kier alpha value is 1.32. The third kappa shape index (κ3) is 10.4. The van der Waals surface area contributed by atoms with Crippen LogP contribution in [0, 0.1) is 47.3 Å². The minimum atomic E-state index is -0.334. The van der Waals surface area contributed by atoms with E-state index in [1.54, 1.807) is 56.9 Å². The van der Waals surface area contributed by atoms with Crippen molar-refractivity contribution in [3.63, 3.8) is 0 Å². The summed E-state index contributed by atoms with van der Waals surface area (Å²) >= 11 is 0. The third-order valence-electron chi connectivity index (χ3n) is 16.4. The molecule has 24 unspecified atom stereocenters. The van der Waals surface area contributed by atoms with Crippen molar-refractivity contribution in [3.8, 4) is 0 Å². The molecule has 5 saturated heterocycles. The van der Waals surface area contributed by atoms with Gasteiger partial charge in [-0.3, -0.25) is 42.5 Å². The number of methoxy groups -OCH3 is 8. The van der Waals surface area contributed by atoms with E-state index in [1.165, 1.54) is 51.4 Å². The van der Waals surface area contributed by atoms with E-state index in [2.05, 4.69) is 42.5 Å². The van der Waals surface area contributed by atoms with E-state index in [4.69, 9.17) is 37.9 Å². The number of hydrogen-bond donors (Lipinski definition) is 8. The third-order valence-corrected chi connectivity index (χ3v) is 16.4. The Morgan fingerprint density at radius 1 is 0.254 bits per heavy atom. The van der Waals surface area contributed by atoms with Gasteiger partial charge >= 0.3 is 0 Å². The molecule has 9 aliphatic rings. The van der Waals surface area contributed by atoms with Crippen LogP contribution in [-0.4, -0.2) is 166 Å². The van der Waals surface area contributed by atoms with Crippen LogP contribution in [0.25, 0.3) is 0 Å². The Bertz CT molecular complexity index is 1270. The first-order valence-corrected chi connectivity index (χ1v) is 21.7. The van der Waals surface area contributed by atoms with Crippen LogP contribution < -0.4 is 42.5 Å². The number of halogens is 6. The van der Waals surface area contributed by atoms with Gasteiger partial charge in [-0.2, -0.15) is 0 Å². The van der Waals surface area contributed by atoms with Gasteiger partial charge in [-0.15, -0.1) is 74.4 Å². The highest BCUT2D eigenvalue weighted by molar-refractivity contribution is 5.86. The molecule has 0 aromatic carbocycles. The maximum absolute atomic E-state index is 6.45. The Morgan fingerprint density at radius 3 is 0.587 bits per heavy atom. The van der Waals surface area contributed by atoms with E-state index in [-0.39, 0.29) is 207 Å². The van der Waals surface area contributed by atoms with E-state index in [1.807, 2.05) is 0 Å². The first-order valence-electron chi connectivity index (χ1n) is 21.7. The zero-order chi connectivity index (χ0) is 38.8. The highest BCUT2D eigenvalue weighted by Crippen LogP contribution is 2.48. The van der Waals surface area contributed by atoms with Crippen LogP contribution in [0.3, 0.4) is 0 Å². The van der Waals surface area contributed by atoms with Gasteiger partial charge in [0.2, 0.25) is 0 Å². The molecular formula is C40H82Cl6N8O8Si. The Labute approximate surface area is 417 Å². The second-order valence-electron chi connectivity index (χ2n) is 18.3. The maximum atomic E-state index is 6.45.